The van der Waals surface area contributed by atoms with Gasteiger partial charge in [0, 0.05) is 6.08 Å². The van der Waals surface area contributed by atoms with Crippen LogP contribution in [0.4, 0.5) is 13.2 Å². The van der Waals surface area contributed by atoms with E-state index in [0.29, 0.717) is 6.08 Å². The fourth-order valence-electron chi connectivity index (χ4n) is 0.679. The van der Waals surface area contributed by atoms with E-state index in [2.05, 4.69) is 4.74 Å². The van der Waals surface area contributed by atoms with Gasteiger partial charge in [-0.05, 0) is 6.92 Å². The maximum Gasteiger partial charge on any atom is 0.413 e. The molecular weight excluding hydrogens is 199 g/mol. The Kier molecular flexibility index (Phi) is 4.70. The van der Waals surface area contributed by atoms with Gasteiger partial charge in [0.2, 0.25) is 0 Å². The fraction of sp³-hybridized carbons (Fsp3) is 0.500. The third kappa shape index (κ3) is 4.50. The van der Waals surface area contributed by atoms with Crippen molar-refractivity contribution in [1.82, 2.24) is 0 Å². The van der Waals surface area contributed by atoms with Crippen LogP contribution < -0.4 is 0 Å². The molecule has 0 unspecified atom stereocenters. The average Bonchev–Trinajstić information content (AvgIpc) is 2.02. The number of halogens is 3. The average molecular weight is 207 g/mol. The maximum absolute atomic E-state index is 12.1. The van der Waals surface area contributed by atoms with Gasteiger partial charge >= 0.3 is 12.1 Å². The first-order chi connectivity index (χ1) is 6.41. The minimum Gasteiger partial charge on any atom is -0.466 e. The molecule has 0 aliphatic carbocycles. The lowest BCUT2D eigenvalue weighted by Gasteiger charge is -2.09. The molecule has 0 fully saturated rings. The molecular formula is C8H8F3NO2. The summed E-state index contributed by atoms with van der Waals surface area (Å²) in [4.78, 5) is 10.7. The first kappa shape index (κ1) is 12.5. The second-order valence-corrected chi connectivity index (χ2v) is 2.28. The van der Waals surface area contributed by atoms with Gasteiger partial charge in [-0.2, -0.15) is 18.4 Å². The second-order valence-electron chi connectivity index (χ2n) is 2.28. The minimum atomic E-state index is -4.66. The summed E-state index contributed by atoms with van der Waals surface area (Å²) < 4.78 is 40.6. The summed E-state index contributed by atoms with van der Waals surface area (Å²) in [6.45, 7) is 1.50. The van der Waals surface area contributed by atoms with Gasteiger partial charge in [-0.15, -0.1) is 0 Å². The van der Waals surface area contributed by atoms with Crippen LogP contribution >= 0.6 is 0 Å². The van der Waals surface area contributed by atoms with Crippen molar-refractivity contribution in [1.29, 1.82) is 5.26 Å². The SMILES string of the molecule is CCOC(=O)CC(=CC#N)C(F)(F)F. The minimum absolute atomic E-state index is 0.0104. The van der Waals surface area contributed by atoms with Crippen molar-refractivity contribution in [2.24, 2.45) is 0 Å². The number of nitrogens with zero attached hydrogens (tertiary/aromatic N) is 1. The van der Waals surface area contributed by atoms with Gasteiger partial charge in [-0.25, -0.2) is 0 Å². The molecule has 0 aromatic heterocycles. The molecule has 0 aromatic carbocycles. The maximum atomic E-state index is 12.1. The third-order valence-electron chi connectivity index (χ3n) is 1.24. The molecule has 0 saturated carbocycles. The predicted molar refractivity (Wildman–Crippen MR) is 41.0 cm³/mol. The Morgan fingerprint density at radius 1 is 1.57 bits per heavy atom. The van der Waals surface area contributed by atoms with Crippen molar-refractivity contribution >= 4 is 5.97 Å². The molecule has 0 atom stereocenters. The normalized spacial score (nSPS) is 12.1. The molecule has 0 heterocycles. The molecule has 0 amide bonds. The first-order valence-electron chi connectivity index (χ1n) is 3.73. The van der Waals surface area contributed by atoms with E-state index >= 15 is 0 Å². The zero-order valence-electron chi connectivity index (χ0n) is 7.39. The van der Waals surface area contributed by atoms with E-state index in [0.717, 1.165) is 0 Å². The van der Waals surface area contributed by atoms with Crippen molar-refractivity contribution in [3.8, 4) is 6.07 Å². The van der Waals surface area contributed by atoms with E-state index in [4.69, 9.17) is 5.26 Å². The smallest absolute Gasteiger partial charge is 0.413 e. The Morgan fingerprint density at radius 3 is 2.50 bits per heavy atom. The summed E-state index contributed by atoms with van der Waals surface area (Å²) in [6, 6.07) is 1.23. The van der Waals surface area contributed by atoms with Gasteiger partial charge in [0.25, 0.3) is 0 Å². The second kappa shape index (κ2) is 5.27. The number of esters is 1. The summed E-state index contributed by atoms with van der Waals surface area (Å²) in [6.07, 6.45) is -5.29. The molecule has 0 radical (unpaired) electrons. The zero-order chi connectivity index (χ0) is 11.2. The molecule has 0 N–H and O–H groups in total. The number of rotatable bonds is 3. The van der Waals surface area contributed by atoms with Crippen LogP contribution in [0.3, 0.4) is 0 Å². The summed E-state index contributed by atoms with van der Waals surface area (Å²) in [5.74, 6) is -0.994. The summed E-state index contributed by atoms with van der Waals surface area (Å²) in [5, 5.41) is 8.06. The lowest BCUT2D eigenvalue weighted by Crippen LogP contribution is -2.16. The largest absolute Gasteiger partial charge is 0.466 e. The molecule has 3 nitrogen and oxygen atoms in total. The van der Waals surface area contributed by atoms with Gasteiger partial charge in [-0.3, -0.25) is 4.79 Å². The van der Waals surface area contributed by atoms with E-state index in [-0.39, 0.29) is 6.61 Å². The Labute approximate surface area is 78.8 Å². The molecule has 0 saturated heterocycles. The molecule has 0 rings (SSSR count). The number of alkyl halides is 3. The summed E-state index contributed by atoms with van der Waals surface area (Å²) in [7, 11) is 0. The summed E-state index contributed by atoms with van der Waals surface area (Å²) >= 11 is 0. The quantitative estimate of drug-likeness (QED) is 0.525. The third-order valence-corrected chi connectivity index (χ3v) is 1.24. The number of ether oxygens (including phenoxy) is 1. The molecule has 14 heavy (non-hydrogen) atoms. The van der Waals surface area contributed by atoms with E-state index in [1.165, 1.54) is 13.0 Å². The van der Waals surface area contributed by atoms with Crippen molar-refractivity contribution in [2.45, 2.75) is 19.5 Å². The number of hydrogen-bond donors (Lipinski definition) is 0. The molecule has 6 heteroatoms. The van der Waals surface area contributed by atoms with Crippen molar-refractivity contribution in [3.05, 3.63) is 11.6 Å². The standard InChI is InChI=1S/C8H8F3NO2/c1-2-14-7(13)5-6(3-4-12)8(9,10)11/h3H,2,5H2,1H3. The molecule has 0 aliphatic heterocycles. The van der Waals surface area contributed by atoms with Crippen LogP contribution in [-0.2, 0) is 9.53 Å². The lowest BCUT2D eigenvalue weighted by molar-refractivity contribution is -0.145. The zero-order valence-corrected chi connectivity index (χ0v) is 7.39. The number of carbonyl (C=O) groups is 1. The number of allylic oxidation sites excluding steroid dienone is 1. The highest BCUT2D eigenvalue weighted by Crippen LogP contribution is 2.28. The van der Waals surface area contributed by atoms with Crippen LogP contribution in [-0.4, -0.2) is 18.8 Å². The van der Waals surface area contributed by atoms with Crippen LogP contribution in [0.5, 0.6) is 0 Å². The Morgan fingerprint density at radius 2 is 2.14 bits per heavy atom. The highest BCUT2D eigenvalue weighted by atomic mass is 19.4. The van der Waals surface area contributed by atoms with Crippen LogP contribution in [0.1, 0.15) is 13.3 Å². The highest BCUT2D eigenvalue weighted by molar-refractivity contribution is 5.72. The van der Waals surface area contributed by atoms with Crippen molar-refractivity contribution in [2.75, 3.05) is 6.61 Å². The summed E-state index contributed by atoms with van der Waals surface area (Å²) in [5.41, 5.74) is -1.20. The van der Waals surface area contributed by atoms with Crippen LogP contribution in [0.15, 0.2) is 11.6 Å². The Bertz CT molecular complexity index is 275. The molecule has 0 aliphatic rings. The van der Waals surface area contributed by atoms with Crippen LogP contribution in [0, 0.1) is 11.3 Å². The van der Waals surface area contributed by atoms with Gasteiger partial charge in [0.15, 0.2) is 0 Å². The van der Waals surface area contributed by atoms with Gasteiger partial charge < -0.3 is 4.74 Å². The molecule has 0 bridgehead atoms. The van der Waals surface area contributed by atoms with E-state index < -0.39 is 24.1 Å². The van der Waals surface area contributed by atoms with Crippen molar-refractivity contribution in [3.63, 3.8) is 0 Å². The number of hydrogen-bond acceptors (Lipinski definition) is 3. The van der Waals surface area contributed by atoms with Gasteiger partial charge in [0.1, 0.15) is 0 Å². The van der Waals surface area contributed by atoms with Crippen LogP contribution in [0.25, 0.3) is 0 Å². The van der Waals surface area contributed by atoms with E-state index in [9.17, 15) is 18.0 Å². The highest BCUT2D eigenvalue weighted by Gasteiger charge is 2.35. The molecule has 0 aromatic rings. The molecule has 78 valence electrons. The van der Waals surface area contributed by atoms with Crippen LogP contribution in [0.2, 0.25) is 0 Å². The lowest BCUT2D eigenvalue weighted by atomic mass is 10.2. The van der Waals surface area contributed by atoms with Gasteiger partial charge in [-0.1, -0.05) is 0 Å². The van der Waals surface area contributed by atoms with E-state index in [1.807, 2.05) is 0 Å². The number of carbonyl (C=O) groups excluding carboxylic acids is 1. The fourth-order valence-corrected chi connectivity index (χ4v) is 0.679. The number of nitriles is 1. The topological polar surface area (TPSA) is 50.1 Å². The molecule has 0 spiro atoms. The first-order valence-corrected chi connectivity index (χ1v) is 3.73. The van der Waals surface area contributed by atoms with Gasteiger partial charge in [0.05, 0.1) is 24.7 Å². The van der Waals surface area contributed by atoms with Crippen molar-refractivity contribution < 1.29 is 22.7 Å². The predicted octanol–water partition coefficient (Wildman–Crippen LogP) is 1.95. The monoisotopic (exact) mass is 207 g/mol. The van der Waals surface area contributed by atoms with E-state index in [1.54, 1.807) is 0 Å². The Balaban J connectivity index is 4.51. The Hall–Kier alpha value is -1.51.